The summed E-state index contributed by atoms with van der Waals surface area (Å²) in [6, 6.07) is 17.9. The standard InChI is InChI=1S/C27H25N3O3S/c1-5-33-27(31)24-17(3)29-16(2)22(14-28)25(24)20-8-6-7-9-21(20)26-30-23(15-34-26)18-10-12-19(32-4)13-11-18/h6-13,15,25,29H,5H2,1-4H3. The van der Waals surface area contributed by atoms with Crippen LogP contribution >= 0.6 is 11.3 Å². The van der Waals surface area contributed by atoms with Crippen LogP contribution < -0.4 is 10.1 Å². The fourth-order valence-electron chi connectivity index (χ4n) is 4.17. The minimum atomic E-state index is -0.546. The van der Waals surface area contributed by atoms with Crippen LogP contribution in [-0.4, -0.2) is 24.7 Å². The number of rotatable bonds is 6. The number of hydrogen-bond donors (Lipinski definition) is 1. The largest absolute Gasteiger partial charge is 0.497 e. The minimum Gasteiger partial charge on any atom is -0.497 e. The van der Waals surface area contributed by atoms with Gasteiger partial charge in [-0.3, -0.25) is 0 Å². The first-order chi connectivity index (χ1) is 16.5. The van der Waals surface area contributed by atoms with Crippen LogP contribution in [0.2, 0.25) is 0 Å². The van der Waals surface area contributed by atoms with Gasteiger partial charge in [0.15, 0.2) is 0 Å². The third-order valence-electron chi connectivity index (χ3n) is 5.77. The number of esters is 1. The predicted molar refractivity (Wildman–Crippen MR) is 133 cm³/mol. The van der Waals surface area contributed by atoms with Crippen molar-refractivity contribution in [2.45, 2.75) is 26.7 Å². The number of nitrogens with zero attached hydrogens (tertiary/aromatic N) is 2. The molecule has 34 heavy (non-hydrogen) atoms. The molecule has 1 atom stereocenters. The van der Waals surface area contributed by atoms with Gasteiger partial charge in [-0.25, -0.2) is 9.78 Å². The van der Waals surface area contributed by atoms with Crippen molar-refractivity contribution in [2.75, 3.05) is 13.7 Å². The van der Waals surface area contributed by atoms with Crippen molar-refractivity contribution in [3.63, 3.8) is 0 Å². The van der Waals surface area contributed by atoms with Crippen LogP contribution in [0.4, 0.5) is 0 Å². The average Bonchev–Trinajstić information content (AvgIpc) is 3.34. The summed E-state index contributed by atoms with van der Waals surface area (Å²) in [6.07, 6.45) is 0. The van der Waals surface area contributed by atoms with Gasteiger partial charge in [0.25, 0.3) is 0 Å². The molecule has 0 radical (unpaired) electrons. The SMILES string of the molecule is CCOC(=O)C1=C(C)NC(C)=C(C#N)C1c1ccccc1-c1nc(-c2ccc(OC)cc2)cs1. The number of benzene rings is 2. The van der Waals surface area contributed by atoms with Gasteiger partial charge < -0.3 is 14.8 Å². The molecular weight excluding hydrogens is 446 g/mol. The van der Waals surface area contributed by atoms with Gasteiger partial charge in [-0.1, -0.05) is 24.3 Å². The van der Waals surface area contributed by atoms with Gasteiger partial charge in [0.2, 0.25) is 0 Å². The van der Waals surface area contributed by atoms with Gasteiger partial charge in [0.1, 0.15) is 10.8 Å². The number of carbonyl (C=O) groups excluding carboxylic acids is 1. The topological polar surface area (TPSA) is 84.2 Å². The lowest BCUT2D eigenvalue weighted by atomic mass is 9.79. The van der Waals surface area contributed by atoms with E-state index in [-0.39, 0.29) is 6.61 Å². The van der Waals surface area contributed by atoms with Crippen molar-refractivity contribution in [3.05, 3.63) is 82.0 Å². The molecule has 2 heterocycles. The lowest BCUT2D eigenvalue weighted by Gasteiger charge is -2.29. The highest BCUT2D eigenvalue weighted by Crippen LogP contribution is 2.43. The summed E-state index contributed by atoms with van der Waals surface area (Å²) in [5, 5.41) is 16.0. The Morgan fingerprint density at radius 3 is 2.56 bits per heavy atom. The van der Waals surface area contributed by atoms with Crippen molar-refractivity contribution in [1.82, 2.24) is 10.3 Å². The molecule has 172 valence electrons. The highest BCUT2D eigenvalue weighted by atomic mass is 32.1. The predicted octanol–water partition coefficient (Wildman–Crippen LogP) is 5.81. The maximum absolute atomic E-state index is 13.0. The normalized spacial score (nSPS) is 15.6. The molecule has 6 nitrogen and oxygen atoms in total. The second kappa shape index (κ2) is 9.94. The van der Waals surface area contributed by atoms with Gasteiger partial charge in [0.05, 0.1) is 42.5 Å². The van der Waals surface area contributed by atoms with Gasteiger partial charge in [-0.05, 0) is 50.6 Å². The van der Waals surface area contributed by atoms with E-state index in [1.54, 1.807) is 14.0 Å². The van der Waals surface area contributed by atoms with Crippen LogP contribution in [0.5, 0.6) is 5.75 Å². The molecule has 0 aliphatic carbocycles. The maximum atomic E-state index is 13.0. The molecule has 1 aliphatic rings. The molecule has 0 spiro atoms. The third kappa shape index (κ3) is 4.33. The van der Waals surface area contributed by atoms with Crippen molar-refractivity contribution in [1.29, 1.82) is 5.26 Å². The summed E-state index contributed by atoms with van der Waals surface area (Å²) in [7, 11) is 1.64. The van der Waals surface area contributed by atoms with Crippen molar-refractivity contribution in [3.8, 4) is 33.6 Å². The zero-order chi connectivity index (χ0) is 24.2. The van der Waals surface area contributed by atoms with E-state index in [9.17, 15) is 10.1 Å². The van der Waals surface area contributed by atoms with Gasteiger partial charge >= 0.3 is 5.97 Å². The molecule has 0 bridgehead atoms. The molecular formula is C27H25N3O3S. The maximum Gasteiger partial charge on any atom is 0.336 e. The second-order valence-corrected chi connectivity index (χ2v) is 8.68. The highest BCUT2D eigenvalue weighted by Gasteiger charge is 2.35. The van der Waals surface area contributed by atoms with E-state index in [0.717, 1.165) is 38.8 Å². The molecule has 0 amide bonds. The zero-order valence-electron chi connectivity index (χ0n) is 19.5. The van der Waals surface area contributed by atoms with Crippen LogP contribution in [-0.2, 0) is 9.53 Å². The summed E-state index contributed by atoms with van der Waals surface area (Å²) in [4.78, 5) is 17.9. The van der Waals surface area contributed by atoms with E-state index in [2.05, 4.69) is 11.4 Å². The number of ether oxygens (including phenoxy) is 2. The first-order valence-corrected chi connectivity index (χ1v) is 11.8. The molecule has 2 aromatic carbocycles. The van der Waals surface area contributed by atoms with Crippen LogP contribution in [0.25, 0.3) is 21.8 Å². The molecule has 0 saturated carbocycles. The number of hydrogen-bond acceptors (Lipinski definition) is 7. The van der Waals surface area contributed by atoms with Gasteiger partial charge in [-0.15, -0.1) is 11.3 Å². The lowest BCUT2D eigenvalue weighted by molar-refractivity contribution is -0.138. The van der Waals surface area contributed by atoms with Crippen LogP contribution in [0, 0.1) is 11.3 Å². The van der Waals surface area contributed by atoms with E-state index in [1.165, 1.54) is 11.3 Å². The summed E-state index contributed by atoms with van der Waals surface area (Å²) >= 11 is 1.53. The van der Waals surface area contributed by atoms with Gasteiger partial charge in [0, 0.05) is 27.9 Å². The average molecular weight is 472 g/mol. The highest BCUT2D eigenvalue weighted by molar-refractivity contribution is 7.13. The van der Waals surface area contributed by atoms with E-state index in [0.29, 0.717) is 16.8 Å². The Balaban J connectivity index is 1.82. The number of dihydropyridines is 1. The summed E-state index contributed by atoms with van der Waals surface area (Å²) < 4.78 is 10.6. The number of nitrogens with one attached hydrogen (secondary N) is 1. The Morgan fingerprint density at radius 1 is 1.15 bits per heavy atom. The van der Waals surface area contributed by atoms with E-state index in [1.807, 2.05) is 67.8 Å². The van der Waals surface area contributed by atoms with E-state index in [4.69, 9.17) is 14.5 Å². The molecule has 1 unspecified atom stereocenters. The molecule has 0 fully saturated rings. The van der Waals surface area contributed by atoms with Gasteiger partial charge in [-0.2, -0.15) is 5.26 Å². The van der Waals surface area contributed by atoms with Crippen LogP contribution in [0.3, 0.4) is 0 Å². The molecule has 0 saturated heterocycles. The summed E-state index contributed by atoms with van der Waals surface area (Å²) in [5.41, 5.74) is 5.92. The fourth-order valence-corrected chi connectivity index (χ4v) is 5.04. The Hall–Kier alpha value is -3.89. The Bertz CT molecular complexity index is 1330. The van der Waals surface area contributed by atoms with Crippen LogP contribution in [0.1, 0.15) is 32.3 Å². The van der Waals surface area contributed by atoms with E-state index >= 15 is 0 Å². The van der Waals surface area contributed by atoms with Crippen LogP contribution in [0.15, 0.2) is 76.5 Å². The molecule has 1 aliphatic heterocycles. The molecule has 1 aromatic heterocycles. The number of thiazole rings is 1. The second-order valence-electron chi connectivity index (χ2n) is 7.82. The molecule has 7 heteroatoms. The quantitative estimate of drug-likeness (QED) is 0.457. The molecule has 1 N–H and O–H groups in total. The smallest absolute Gasteiger partial charge is 0.336 e. The number of nitriles is 1. The molecule has 3 aromatic rings. The Labute approximate surface area is 203 Å². The Kier molecular flexibility index (Phi) is 6.80. The number of carbonyl (C=O) groups is 1. The fraction of sp³-hybridized carbons (Fsp3) is 0.222. The first kappa shape index (κ1) is 23.3. The Morgan fingerprint density at radius 2 is 1.88 bits per heavy atom. The number of methoxy groups -OCH3 is 1. The van der Waals surface area contributed by atoms with Crippen molar-refractivity contribution in [2.24, 2.45) is 0 Å². The summed E-state index contributed by atoms with van der Waals surface area (Å²) in [6.45, 7) is 5.72. The monoisotopic (exact) mass is 471 g/mol. The number of aromatic nitrogens is 1. The van der Waals surface area contributed by atoms with Crippen molar-refractivity contribution < 1.29 is 14.3 Å². The lowest BCUT2D eigenvalue weighted by Crippen LogP contribution is -2.29. The van der Waals surface area contributed by atoms with E-state index < -0.39 is 11.9 Å². The summed E-state index contributed by atoms with van der Waals surface area (Å²) in [5.74, 6) is -0.184. The first-order valence-electron chi connectivity index (χ1n) is 10.9. The number of allylic oxidation sites excluding steroid dienone is 3. The minimum absolute atomic E-state index is 0.256. The van der Waals surface area contributed by atoms with Crippen molar-refractivity contribution >= 4 is 17.3 Å². The zero-order valence-corrected chi connectivity index (χ0v) is 20.3. The molecule has 4 rings (SSSR count). The third-order valence-corrected chi connectivity index (χ3v) is 6.64.